The van der Waals surface area contributed by atoms with Crippen LogP contribution >= 0.6 is 0 Å². The molecule has 2 fully saturated rings. The Morgan fingerprint density at radius 2 is 1.95 bits per heavy atom. The van der Waals surface area contributed by atoms with Gasteiger partial charge < -0.3 is 9.80 Å². The Morgan fingerprint density at radius 3 is 2.43 bits per heavy atom. The number of nitrogens with one attached hydrogen (secondary N) is 1. The molecule has 2 rings (SSSR count). The Hall–Kier alpha value is -0.610. The van der Waals surface area contributed by atoms with Crippen LogP contribution in [0.1, 0.15) is 59.3 Å². The molecule has 1 aliphatic carbocycles. The Balaban J connectivity index is 2.15. The quantitative estimate of drug-likeness (QED) is 0.817. The molecule has 0 radical (unpaired) electrons. The molecule has 21 heavy (non-hydrogen) atoms. The van der Waals surface area contributed by atoms with Gasteiger partial charge in [0.1, 0.15) is 0 Å². The minimum Gasteiger partial charge on any atom is -0.324 e. The molecule has 0 aromatic rings. The van der Waals surface area contributed by atoms with Gasteiger partial charge in [-0.3, -0.25) is 10.1 Å². The van der Waals surface area contributed by atoms with Gasteiger partial charge in [0.05, 0.1) is 12.2 Å². The van der Waals surface area contributed by atoms with Crippen molar-refractivity contribution < 1.29 is 4.79 Å². The molecule has 1 saturated heterocycles. The lowest BCUT2D eigenvalue weighted by Gasteiger charge is -2.41. The predicted octanol–water partition coefficient (Wildman–Crippen LogP) is 2.44. The van der Waals surface area contributed by atoms with Crippen LogP contribution in [0, 0.1) is 5.92 Å². The maximum Gasteiger partial charge on any atom is 0.241 e. The highest BCUT2D eigenvalue weighted by molar-refractivity contribution is 5.84. The molecule has 1 heterocycles. The fourth-order valence-corrected chi connectivity index (χ4v) is 3.97. The number of carbonyl (C=O) groups is 1. The molecule has 3 unspecified atom stereocenters. The van der Waals surface area contributed by atoms with Crippen LogP contribution in [-0.4, -0.2) is 54.1 Å². The number of likely N-dealkylation sites (N-methyl/N-ethyl adjacent to an activating group) is 1. The fraction of sp³-hybridized carbons (Fsp3) is 0.941. The van der Waals surface area contributed by atoms with Gasteiger partial charge in [0.15, 0.2) is 0 Å². The van der Waals surface area contributed by atoms with Crippen LogP contribution in [0.2, 0.25) is 0 Å². The van der Waals surface area contributed by atoms with Crippen molar-refractivity contribution >= 4 is 5.91 Å². The van der Waals surface area contributed by atoms with E-state index in [0.717, 1.165) is 19.4 Å². The summed E-state index contributed by atoms with van der Waals surface area (Å²) in [4.78, 5) is 17.4. The fourth-order valence-electron chi connectivity index (χ4n) is 3.97. The Morgan fingerprint density at radius 1 is 1.33 bits per heavy atom. The summed E-state index contributed by atoms with van der Waals surface area (Å²) in [5, 5.41) is 3.58. The maximum atomic E-state index is 12.9. The average molecular weight is 295 g/mol. The van der Waals surface area contributed by atoms with Gasteiger partial charge in [0.2, 0.25) is 5.91 Å². The molecule has 4 nitrogen and oxygen atoms in total. The van der Waals surface area contributed by atoms with Gasteiger partial charge >= 0.3 is 0 Å². The van der Waals surface area contributed by atoms with Crippen molar-refractivity contribution in [1.29, 1.82) is 0 Å². The van der Waals surface area contributed by atoms with Crippen molar-refractivity contribution in [2.45, 2.75) is 77.0 Å². The third-order valence-corrected chi connectivity index (χ3v) is 5.84. The van der Waals surface area contributed by atoms with Crippen LogP contribution in [0.15, 0.2) is 0 Å². The van der Waals surface area contributed by atoms with Gasteiger partial charge in [-0.25, -0.2) is 0 Å². The normalized spacial score (nSPS) is 30.4. The standard InChI is InChI=1S/C17H33N3O/c1-6-13(3)15-16(21)20(14(7-2)18-15)12-17(19(4)5)10-8-9-11-17/h13-15,18H,6-12H2,1-5H3. The Labute approximate surface area is 130 Å². The number of rotatable bonds is 6. The first-order valence-corrected chi connectivity index (χ1v) is 8.69. The van der Waals surface area contributed by atoms with Crippen molar-refractivity contribution in [2.75, 3.05) is 20.6 Å². The zero-order valence-corrected chi connectivity index (χ0v) is 14.5. The lowest BCUT2D eigenvalue weighted by Crippen LogP contribution is -2.53. The second-order valence-electron chi connectivity index (χ2n) is 7.25. The summed E-state index contributed by atoms with van der Waals surface area (Å²) in [6.07, 6.45) is 7.27. The number of nitrogens with zero attached hydrogens (tertiary/aromatic N) is 2. The van der Waals surface area contributed by atoms with Crippen molar-refractivity contribution in [2.24, 2.45) is 5.92 Å². The van der Waals surface area contributed by atoms with E-state index in [-0.39, 0.29) is 17.7 Å². The van der Waals surface area contributed by atoms with E-state index in [1.807, 2.05) is 0 Å². The van der Waals surface area contributed by atoms with Crippen molar-refractivity contribution in [3.8, 4) is 0 Å². The van der Waals surface area contributed by atoms with Gasteiger partial charge in [-0.1, -0.05) is 40.0 Å². The third-order valence-electron chi connectivity index (χ3n) is 5.84. The van der Waals surface area contributed by atoms with E-state index < -0.39 is 0 Å². The highest BCUT2D eigenvalue weighted by atomic mass is 16.2. The van der Waals surface area contributed by atoms with E-state index in [4.69, 9.17) is 0 Å². The molecule has 1 aliphatic heterocycles. The van der Waals surface area contributed by atoms with Gasteiger partial charge in [-0.15, -0.1) is 0 Å². The Bertz CT molecular complexity index is 363. The number of amides is 1. The van der Waals surface area contributed by atoms with Gasteiger partial charge in [0.25, 0.3) is 0 Å². The summed E-state index contributed by atoms with van der Waals surface area (Å²) in [7, 11) is 4.35. The predicted molar refractivity (Wildman–Crippen MR) is 87.1 cm³/mol. The van der Waals surface area contributed by atoms with Crippen LogP contribution < -0.4 is 5.32 Å². The molecule has 0 bridgehead atoms. The molecule has 0 spiro atoms. The monoisotopic (exact) mass is 295 g/mol. The molecule has 4 heteroatoms. The molecule has 1 saturated carbocycles. The average Bonchev–Trinajstić information content (AvgIpc) is 3.06. The van der Waals surface area contributed by atoms with Gasteiger partial charge in [-0.2, -0.15) is 0 Å². The second-order valence-corrected chi connectivity index (χ2v) is 7.25. The van der Waals surface area contributed by atoms with Gasteiger partial charge in [0, 0.05) is 12.1 Å². The lowest BCUT2D eigenvalue weighted by molar-refractivity contribution is -0.132. The van der Waals surface area contributed by atoms with Crippen LogP contribution in [0.5, 0.6) is 0 Å². The van der Waals surface area contributed by atoms with Crippen molar-refractivity contribution in [3.05, 3.63) is 0 Å². The molecule has 122 valence electrons. The maximum absolute atomic E-state index is 12.9. The smallest absolute Gasteiger partial charge is 0.241 e. The molecule has 0 aromatic carbocycles. The van der Waals surface area contributed by atoms with Crippen molar-refractivity contribution in [1.82, 2.24) is 15.1 Å². The van der Waals surface area contributed by atoms with Gasteiger partial charge in [-0.05, 0) is 39.3 Å². The van der Waals surface area contributed by atoms with E-state index in [1.165, 1.54) is 25.7 Å². The third kappa shape index (κ3) is 3.11. The largest absolute Gasteiger partial charge is 0.324 e. The summed E-state index contributed by atoms with van der Waals surface area (Å²) >= 11 is 0. The molecule has 1 amide bonds. The van der Waals surface area contributed by atoms with Crippen LogP contribution in [0.3, 0.4) is 0 Å². The van der Waals surface area contributed by atoms with E-state index in [2.05, 4.69) is 50.0 Å². The number of hydrogen-bond acceptors (Lipinski definition) is 3. The van der Waals surface area contributed by atoms with E-state index in [0.29, 0.717) is 11.8 Å². The number of carbonyl (C=O) groups excluding carboxylic acids is 1. The molecule has 1 N–H and O–H groups in total. The summed E-state index contributed by atoms with van der Waals surface area (Å²) in [6, 6.07) is 0.0144. The van der Waals surface area contributed by atoms with Crippen molar-refractivity contribution in [3.63, 3.8) is 0 Å². The SMILES string of the molecule is CCC(C)C1NC(CC)N(CC2(N(C)C)CCCC2)C1=O. The number of hydrogen-bond donors (Lipinski definition) is 1. The first-order chi connectivity index (χ1) is 9.95. The van der Waals surface area contributed by atoms with Crippen LogP contribution in [0.4, 0.5) is 0 Å². The highest BCUT2D eigenvalue weighted by Crippen LogP contribution is 2.36. The molecule has 3 atom stereocenters. The zero-order chi connectivity index (χ0) is 15.6. The van der Waals surface area contributed by atoms with E-state index in [1.54, 1.807) is 0 Å². The first kappa shape index (κ1) is 16.8. The lowest BCUT2D eigenvalue weighted by atomic mass is 9.94. The molecular weight excluding hydrogens is 262 g/mol. The molecule has 2 aliphatic rings. The summed E-state index contributed by atoms with van der Waals surface area (Å²) < 4.78 is 0. The topological polar surface area (TPSA) is 35.6 Å². The molecule has 0 aromatic heterocycles. The first-order valence-electron chi connectivity index (χ1n) is 8.69. The summed E-state index contributed by atoms with van der Waals surface area (Å²) in [6.45, 7) is 7.41. The minimum absolute atomic E-state index is 0.0144. The van der Waals surface area contributed by atoms with Crippen LogP contribution in [-0.2, 0) is 4.79 Å². The van der Waals surface area contributed by atoms with Crippen LogP contribution in [0.25, 0.3) is 0 Å². The second kappa shape index (κ2) is 6.66. The van der Waals surface area contributed by atoms with E-state index >= 15 is 0 Å². The Kier molecular flexibility index (Phi) is 5.31. The minimum atomic E-state index is 0.0144. The summed E-state index contributed by atoms with van der Waals surface area (Å²) in [5.74, 6) is 0.736. The molecular formula is C17H33N3O. The zero-order valence-electron chi connectivity index (χ0n) is 14.5. The highest BCUT2D eigenvalue weighted by Gasteiger charge is 2.45. The van der Waals surface area contributed by atoms with E-state index in [9.17, 15) is 4.79 Å². The summed E-state index contributed by atoms with van der Waals surface area (Å²) in [5.41, 5.74) is 0.190.